The lowest BCUT2D eigenvalue weighted by molar-refractivity contribution is 0.182. The van der Waals surface area contributed by atoms with Gasteiger partial charge in [-0.2, -0.15) is 0 Å². The molecule has 1 N–H and O–H groups in total. The molecule has 0 amide bonds. The SMILES string of the molecule is CCNS(=O)(=O)c1cc(Cl)cc(CCCCN2CCc3cccc4c3C2CC4)c1Cl.Cl. The van der Waals surface area contributed by atoms with E-state index in [0.29, 0.717) is 24.0 Å². The highest BCUT2D eigenvalue weighted by Gasteiger charge is 2.32. The predicted octanol–water partition coefficient (Wildman–Crippen LogP) is 5.58. The van der Waals surface area contributed by atoms with Crippen molar-refractivity contribution in [2.75, 3.05) is 19.6 Å². The van der Waals surface area contributed by atoms with E-state index in [1.807, 2.05) is 0 Å². The monoisotopic (exact) mass is 502 g/mol. The van der Waals surface area contributed by atoms with Crippen LogP contribution in [-0.4, -0.2) is 33.0 Å². The largest absolute Gasteiger partial charge is 0.296 e. The molecule has 2 aliphatic rings. The van der Waals surface area contributed by atoms with Gasteiger partial charge in [-0.1, -0.05) is 48.3 Å². The fourth-order valence-electron chi connectivity index (χ4n) is 4.91. The minimum atomic E-state index is -3.64. The van der Waals surface area contributed by atoms with Crippen LogP contribution in [0.25, 0.3) is 0 Å². The second-order valence-corrected chi connectivity index (χ2v) is 10.7. The van der Waals surface area contributed by atoms with Gasteiger partial charge in [0.05, 0.1) is 5.02 Å². The Balaban J connectivity index is 0.00000272. The summed E-state index contributed by atoms with van der Waals surface area (Å²) in [6.45, 7) is 4.22. The summed E-state index contributed by atoms with van der Waals surface area (Å²) in [7, 11) is -3.64. The lowest BCUT2D eigenvalue weighted by atomic mass is 9.93. The van der Waals surface area contributed by atoms with E-state index in [1.54, 1.807) is 18.6 Å². The number of nitrogens with zero attached hydrogens (tertiary/aromatic N) is 1. The van der Waals surface area contributed by atoms with Crippen molar-refractivity contribution in [3.8, 4) is 0 Å². The zero-order valence-electron chi connectivity index (χ0n) is 17.7. The van der Waals surface area contributed by atoms with Crippen molar-refractivity contribution in [1.29, 1.82) is 0 Å². The maximum atomic E-state index is 12.4. The van der Waals surface area contributed by atoms with E-state index >= 15 is 0 Å². The minimum Gasteiger partial charge on any atom is -0.296 e. The molecular formula is C23H29Cl3N2O2S. The number of rotatable bonds is 8. The van der Waals surface area contributed by atoms with Crippen molar-refractivity contribution in [2.24, 2.45) is 0 Å². The van der Waals surface area contributed by atoms with Gasteiger partial charge in [0, 0.05) is 24.2 Å². The predicted molar refractivity (Wildman–Crippen MR) is 130 cm³/mol. The van der Waals surface area contributed by atoms with Crippen LogP contribution in [0, 0.1) is 0 Å². The first-order chi connectivity index (χ1) is 14.4. The minimum absolute atomic E-state index is 0. The van der Waals surface area contributed by atoms with E-state index in [4.69, 9.17) is 23.2 Å². The molecule has 8 heteroatoms. The molecule has 1 aliphatic heterocycles. The maximum Gasteiger partial charge on any atom is 0.242 e. The molecule has 0 radical (unpaired) electrons. The Labute approximate surface area is 201 Å². The van der Waals surface area contributed by atoms with E-state index < -0.39 is 10.0 Å². The van der Waals surface area contributed by atoms with Crippen LogP contribution >= 0.6 is 35.6 Å². The Bertz CT molecular complexity index is 1040. The summed E-state index contributed by atoms with van der Waals surface area (Å²) in [6.07, 6.45) is 6.24. The van der Waals surface area contributed by atoms with Crippen molar-refractivity contribution >= 4 is 45.6 Å². The topological polar surface area (TPSA) is 49.4 Å². The van der Waals surface area contributed by atoms with Gasteiger partial charge in [0.15, 0.2) is 0 Å². The van der Waals surface area contributed by atoms with Crippen molar-refractivity contribution in [1.82, 2.24) is 9.62 Å². The first-order valence-corrected chi connectivity index (χ1v) is 13.0. The van der Waals surface area contributed by atoms with Crippen LogP contribution in [0.15, 0.2) is 35.2 Å². The summed E-state index contributed by atoms with van der Waals surface area (Å²) in [5.74, 6) is 0. The summed E-state index contributed by atoms with van der Waals surface area (Å²) < 4.78 is 27.3. The Hall–Kier alpha value is -0.820. The summed E-state index contributed by atoms with van der Waals surface area (Å²) >= 11 is 12.6. The van der Waals surface area contributed by atoms with Gasteiger partial charge in [0.25, 0.3) is 0 Å². The number of hydrogen-bond acceptors (Lipinski definition) is 3. The highest BCUT2D eigenvalue weighted by atomic mass is 35.5. The van der Waals surface area contributed by atoms with Crippen LogP contribution in [-0.2, 0) is 29.3 Å². The molecule has 0 saturated heterocycles. The van der Waals surface area contributed by atoms with Crippen LogP contribution in [0.2, 0.25) is 10.0 Å². The van der Waals surface area contributed by atoms with Gasteiger partial charge in [-0.25, -0.2) is 13.1 Å². The van der Waals surface area contributed by atoms with E-state index in [1.165, 1.54) is 30.0 Å². The lowest BCUT2D eigenvalue weighted by Crippen LogP contribution is -2.34. The molecule has 1 atom stereocenters. The number of nitrogens with one attached hydrogen (secondary N) is 1. The number of benzene rings is 2. The zero-order valence-corrected chi connectivity index (χ0v) is 20.8. The second-order valence-electron chi connectivity index (χ2n) is 8.17. The van der Waals surface area contributed by atoms with Gasteiger partial charge >= 0.3 is 0 Å². The highest BCUT2D eigenvalue weighted by Crippen LogP contribution is 2.41. The van der Waals surface area contributed by atoms with Crippen LogP contribution < -0.4 is 4.72 Å². The smallest absolute Gasteiger partial charge is 0.242 e. The molecule has 4 rings (SSSR count). The summed E-state index contributed by atoms with van der Waals surface area (Å²) in [4.78, 5) is 2.69. The zero-order chi connectivity index (χ0) is 21.3. The summed E-state index contributed by atoms with van der Waals surface area (Å²) in [5.41, 5.74) is 5.45. The molecule has 170 valence electrons. The molecule has 0 bridgehead atoms. The van der Waals surface area contributed by atoms with Gasteiger partial charge in [-0.15, -0.1) is 12.4 Å². The molecule has 1 unspecified atom stereocenters. The van der Waals surface area contributed by atoms with Gasteiger partial charge in [0.1, 0.15) is 4.90 Å². The molecule has 1 heterocycles. The average molecular weight is 504 g/mol. The van der Waals surface area contributed by atoms with E-state index in [9.17, 15) is 8.42 Å². The van der Waals surface area contributed by atoms with Crippen LogP contribution in [0.5, 0.6) is 0 Å². The molecular weight excluding hydrogens is 475 g/mol. The first-order valence-electron chi connectivity index (χ1n) is 10.7. The van der Waals surface area contributed by atoms with Gasteiger partial charge in [-0.3, -0.25) is 4.90 Å². The molecule has 0 fully saturated rings. The Morgan fingerprint density at radius 2 is 1.87 bits per heavy atom. The fourth-order valence-corrected chi connectivity index (χ4v) is 6.91. The van der Waals surface area contributed by atoms with Crippen molar-refractivity contribution < 1.29 is 8.42 Å². The van der Waals surface area contributed by atoms with E-state index in [0.717, 1.165) is 37.9 Å². The standard InChI is InChI=1S/C23H28Cl2N2O2S.ClH/c1-2-26-30(28,29)21-15-19(24)14-18(23(21)25)6-3-4-12-27-13-11-17-8-5-7-16-9-10-20(27)22(16)17;/h5,7-8,14-15,20,26H,2-4,6,9-13H2,1H3;1H. The quantitative estimate of drug-likeness (QED) is 0.478. The molecule has 4 nitrogen and oxygen atoms in total. The Morgan fingerprint density at radius 3 is 2.61 bits per heavy atom. The van der Waals surface area contributed by atoms with Crippen molar-refractivity contribution in [3.63, 3.8) is 0 Å². The molecule has 1 aliphatic carbocycles. The fraction of sp³-hybridized carbons (Fsp3) is 0.478. The average Bonchev–Trinajstić information content (AvgIpc) is 3.15. The number of hydrogen-bond donors (Lipinski definition) is 1. The van der Waals surface area contributed by atoms with Crippen LogP contribution in [0.1, 0.15) is 54.5 Å². The maximum absolute atomic E-state index is 12.4. The molecule has 0 saturated carbocycles. The van der Waals surface area contributed by atoms with E-state index in [-0.39, 0.29) is 22.3 Å². The van der Waals surface area contributed by atoms with E-state index in [2.05, 4.69) is 27.8 Å². The number of sulfonamides is 1. The van der Waals surface area contributed by atoms with Crippen molar-refractivity contribution in [2.45, 2.75) is 56.4 Å². The molecule has 2 aromatic rings. The molecule has 31 heavy (non-hydrogen) atoms. The number of halogens is 3. The normalized spacial score (nSPS) is 18.0. The lowest BCUT2D eigenvalue weighted by Gasteiger charge is -2.35. The number of aryl methyl sites for hydroxylation is 2. The van der Waals surface area contributed by atoms with Gasteiger partial charge in [-0.05, 0) is 79.5 Å². The molecule has 0 aromatic heterocycles. The van der Waals surface area contributed by atoms with Crippen LogP contribution in [0.4, 0.5) is 0 Å². The third-order valence-electron chi connectivity index (χ3n) is 6.26. The van der Waals surface area contributed by atoms with Crippen LogP contribution in [0.3, 0.4) is 0 Å². The Morgan fingerprint density at radius 1 is 1.13 bits per heavy atom. The number of unbranched alkanes of at least 4 members (excludes halogenated alkanes) is 1. The molecule has 2 aromatic carbocycles. The first kappa shape index (κ1) is 24.8. The third kappa shape index (κ3) is 5.23. The molecule has 0 spiro atoms. The third-order valence-corrected chi connectivity index (χ3v) is 8.61. The summed E-state index contributed by atoms with van der Waals surface area (Å²) in [5, 5.41) is 0.685. The van der Waals surface area contributed by atoms with Gasteiger partial charge in [0.2, 0.25) is 10.0 Å². The van der Waals surface area contributed by atoms with Gasteiger partial charge < -0.3 is 0 Å². The highest BCUT2D eigenvalue weighted by molar-refractivity contribution is 7.89. The Kier molecular flexibility index (Phi) is 8.33. The second kappa shape index (κ2) is 10.4. The van der Waals surface area contributed by atoms with Crippen molar-refractivity contribution in [3.05, 3.63) is 62.6 Å². The summed E-state index contributed by atoms with van der Waals surface area (Å²) in [6, 6.07) is 10.5.